The Kier molecular flexibility index (Phi) is 6.67. The van der Waals surface area contributed by atoms with Crippen LogP contribution in [0.5, 0.6) is 0 Å². The molecule has 0 aliphatic heterocycles. The van der Waals surface area contributed by atoms with Crippen molar-refractivity contribution in [2.75, 3.05) is 5.75 Å². The van der Waals surface area contributed by atoms with Crippen LogP contribution < -0.4 is 0 Å². The molecule has 2 aliphatic carbocycles. The van der Waals surface area contributed by atoms with E-state index < -0.39 is 44.5 Å². The van der Waals surface area contributed by atoms with Crippen molar-refractivity contribution >= 4 is 21.7 Å². The number of hydrogen-bond donors (Lipinski definition) is 0. The average molecular weight is 600 g/mol. The lowest BCUT2D eigenvalue weighted by Gasteiger charge is -2.44. The lowest BCUT2D eigenvalue weighted by atomic mass is 9.59. The van der Waals surface area contributed by atoms with Crippen molar-refractivity contribution in [2.24, 2.45) is 18.4 Å². The number of benzene rings is 1. The standard InChI is InChI=1S/C29H25F4N5O3S/c1-37-16-24(15-35-37)42(40,41)17-18-2-3-20-11-26-19(14-36-38(26)23-6-4-22(30)5-7-23)13-28(20,12-18)27(39)25-10-21(8-9-34-25)29(31,32)33/h4-11,14-16,18H,2-3,12-13,17H2,1H3/t18-,28-/m1/s1. The summed E-state index contributed by atoms with van der Waals surface area (Å²) in [6.07, 6.45) is 3.39. The van der Waals surface area contributed by atoms with Gasteiger partial charge in [-0.05, 0) is 79.6 Å². The zero-order valence-electron chi connectivity index (χ0n) is 22.3. The van der Waals surface area contributed by atoms with Crippen LogP contribution in [0.15, 0.2) is 71.7 Å². The third-order valence-corrected chi connectivity index (χ3v) is 9.92. The highest BCUT2D eigenvalue weighted by Crippen LogP contribution is 2.52. The van der Waals surface area contributed by atoms with Crippen molar-refractivity contribution < 1.29 is 30.8 Å². The fourth-order valence-electron chi connectivity index (χ4n) is 6.08. The van der Waals surface area contributed by atoms with Gasteiger partial charge in [0.15, 0.2) is 15.6 Å². The van der Waals surface area contributed by atoms with E-state index in [2.05, 4.69) is 15.2 Å². The molecular weight excluding hydrogens is 574 g/mol. The number of fused-ring (bicyclic) bond motifs is 2. The van der Waals surface area contributed by atoms with Crippen LogP contribution in [0.3, 0.4) is 0 Å². The fraction of sp³-hybridized carbons (Fsp3) is 0.310. The smallest absolute Gasteiger partial charge is 0.291 e. The number of carbonyl (C=O) groups excluding carboxylic acids is 1. The summed E-state index contributed by atoms with van der Waals surface area (Å²) in [6.45, 7) is 0. The molecule has 1 fully saturated rings. The van der Waals surface area contributed by atoms with Gasteiger partial charge in [0.05, 0.1) is 40.5 Å². The summed E-state index contributed by atoms with van der Waals surface area (Å²) < 4.78 is 83.6. The lowest BCUT2D eigenvalue weighted by molar-refractivity contribution is -0.137. The van der Waals surface area contributed by atoms with Crippen LogP contribution in [0.25, 0.3) is 11.8 Å². The van der Waals surface area contributed by atoms with Gasteiger partial charge in [0.1, 0.15) is 16.4 Å². The van der Waals surface area contributed by atoms with Gasteiger partial charge in [-0.25, -0.2) is 17.5 Å². The summed E-state index contributed by atoms with van der Waals surface area (Å²) in [5, 5.41) is 8.41. The monoisotopic (exact) mass is 599 g/mol. The van der Waals surface area contributed by atoms with Crippen LogP contribution in [0.1, 0.15) is 46.6 Å². The van der Waals surface area contributed by atoms with Crippen molar-refractivity contribution in [2.45, 2.75) is 36.8 Å². The maximum atomic E-state index is 14.2. The molecule has 218 valence electrons. The molecule has 0 radical (unpaired) electrons. The number of hydrogen-bond acceptors (Lipinski definition) is 6. The summed E-state index contributed by atoms with van der Waals surface area (Å²) in [4.78, 5) is 18.3. The first-order valence-electron chi connectivity index (χ1n) is 13.2. The van der Waals surface area contributed by atoms with Crippen molar-refractivity contribution in [3.63, 3.8) is 0 Å². The number of aryl methyl sites for hydroxylation is 1. The van der Waals surface area contributed by atoms with E-state index in [-0.39, 0.29) is 29.2 Å². The van der Waals surface area contributed by atoms with E-state index in [1.807, 2.05) is 6.08 Å². The Labute approximate surface area is 238 Å². The summed E-state index contributed by atoms with van der Waals surface area (Å²) in [6, 6.07) is 7.31. The first-order valence-corrected chi connectivity index (χ1v) is 14.8. The summed E-state index contributed by atoms with van der Waals surface area (Å²) in [5.41, 5.74) is -0.00973. The van der Waals surface area contributed by atoms with Gasteiger partial charge in [-0.3, -0.25) is 14.5 Å². The topological polar surface area (TPSA) is 99.7 Å². The van der Waals surface area contributed by atoms with Crippen molar-refractivity contribution in [1.29, 1.82) is 0 Å². The number of rotatable bonds is 6. The Morgan fingerprint density at radius 1 is 1.12 bits per heavy atom. The number of alkyl halides is 3. The number of Topliss-reactive ketones (excluding diaryl/α,β-unsaturated/α-hetero) is 1. The minimum Gasteiger partial charge on any atom is -0.291 e. The van der Waals surface area contributed by atoms with Gasteiger partial charge in [0.25, 0.3) is 0 Å². The van der Waals surface area contributed by atoms with E-state index in [1.165, 1.54) is 29.2 Å². The molecule has 13 heteroatoms. The number of allylic oxidation sites excluding steroid dienone is 1. The van der Waals surface area contributed by atoms with Gasteiger partial charge in [0, 0.05) is 19.4 Å². The maximum Gasteiger partial charge on any atom is 0.416 e. The summed E-state index contributed by atoms with van der Waals surface area (Å²) in [5.74, 6) is -1.69. The van der Waals surface area contributed by atoms with Gasteiger partial charge in [0.2, 0.25) is 0 Å². The summed E-state index contributed by atoms with van der Waals surface area (Å²) >= 11 is 0. The number of sulfone groups is 1. The molecule has 1 aromatic carbocycles. The Morgan fingerprint density at radius 3 is 2.57 bits per heavy atom. The molecule has 0 bridgehead atoms. The third kappa shape index (κ3) is 4.95. The maximum absolute atomic E-state index is 14.2. The van der Waals surface area contributed by atoms with Crippen LogP contribution in [-0.4, -0.2) is 44.5 Å². The number of carbonyl (C=O) groups is 1. The molecule has 2 aliphatic rings. The Balaban J connectivity index is 1.42. The highest BCUT2D eigenvalue weighted by atomic mass is 32.2. The number of halogens is 4. The zero-order valence-corrected chi connectivity index (χ0v) is 23.2. The van der Waals surface area contributed by atoms with E-state index in [9.17, 15) is 30.8 Å². The van der Waals surface area contributed by atoms with Gasteiger partial charge in [-0.1, -0.05) is 5.57 Å². The van der Waals surface area contributed by atoms with Crippen molar-refractivity contribution in [1.82, 2.24) is 24.5 Å². The largest absolute Gasteiger partial charge is 0.416 e. The fourth-order valence-corrected chi connectivity index (χ4v) is 7.70. The van der Waals surface area contributed by atoms with E-state index in [1.54, 1.807) is 30.1 Å². The van der Waals surface area contributed by atoms with E-state index >= 15 is 0 Å². The minimum atomic E-state index is -4.67. The molecule has 0 spiro atoms. The second kappa shape index (κ2) is 10.0. The Bertz CT molecular complexity index is 1830. The normalized spacial score (nSPS) is 20.5. The number of pyridine rings is 1. The van der Waals surface area contributed by atoms with Crippen LogP contribution in [0, 0.1) is 17.2 Å². The zero-order chi connectivity index (χ0) is 29.9. The first kappa shape index (κ1) is 28.0. The van der Waals surface area contributed by atoms with Crippen LogP contribution in [-0.2, 0) is 29.5 Å². The predicted octanol–water partition coefficient (Wildman–Crippen LogP) is 5.24. The molecule has 0 N–H and O–H groups in total. The second-order valence-electron chi connectivity index (χ2n) is 10.9. The average Bonchev–Trinajstić information content (AvgIpc) is 3.57. The summed E-state index contributed by atoms with van der Waals surface area (Å²) in [7, 11) is -2.13. The van der Waals surface area contributed by atoms with E-state index in [0.29, 0.717) is 35.4 Å². The molecule has 0 saturated heterocycles. The molecule has 1 saturated carbocycles. The van der Waals surface area contributed by atoms with Gasteiger partial charge in [-0.15, -0.1) is 0 Å². The molecule has 3 heterocycles. The Morgan fingerprint density at radius 2 is 1.88 bits per heavy atom. The number of ketones is 1. The highest BCUT2D eigenvalue weighted by Gasteiger charge is 2.50. The molecule has 3 aromatic heterocycles. The molecule has 4 aromatic rings. The molecular formula is C29H25F4N5O3S. The molecule has 0 amide bonds. The lowest BCUT2D eigenvalue weighted by Crippen LogP contribution is -2.43. The molecule has 6 rings (SSSR count). The molecule has 42 heavy (non-hydrogen) atoms. The Hall–Kier alpha value is -4.13. The first-order chi connectivity index (χ1) is 19.9. The third-order valence-electron chi connectivity index (χ3n) is 8.08. The van der Waals surface area contributed by atoms with E-state index in [4.69, 9.17) is 0 Å². The van der Waals surface area contributed by atoms with Gasteiger partial charge in [-0.2, -0.15) is 23.4 Å². The van der Waals surface area contributed by atoms with Gasteiger partial charge >= 0.3 is 6.18 Å². The minimum absolute atomic E-state index is 0.0674. The number of nitrogens with zero attached hydrogens (tertiary/aromatic N) is 5. The van der Waals surface area contributed by atoms with Crippen LogP contribution >= 0.6 is 0 Å². The predicted molar refractivity (Wildman–Crippen MR) is 144 cm³/mol. The number of aromatic nitrogens is 5. The van der Waals surface area contributed by atoms with Gasteiger partial charge < -0.3 is 0 Å². The second-order valence-corrected chi connectivity index (χ2v) is 12.9. The van der Waals surface area contributed by atoms with Crippen molar-refractivity contribution in [3.05, 3.63) is 95.1 Å². The molecule has 8 nitrogen and oxygen atoms in total. The van der Waals surface area contributed by atoms with Crippen LogP contribution in [0.4, 0.5) is 17.6 Å². The van der Waals surface area contributed by atoms with E-state index in [0.717, 1.165) is 18.3 Å². The molecule has 0 unspecified atom stereocenters. The SMILES string of the molecule is Cn1cc(S(=O)(=O)C[C@@H]2CCC3=Cc4c(cnn4-c4ccc(F)cc4)C[C@]3(C(=O)c3cc(C(F)(F)F)ccn3)C2)cn1. The van der Waals surface area contributed by atoms with Crippen molar-refractivity contribution in [3.8, 4) is 5.69 Å². The quantitative estimate of drug-likeness (QED) is 0.222. The highest BCUT2D eigenvalue weighted by molar-refractivity contribution is 7.91. The molecule has 2 atom stereocenters. The van der Waals surface area contributed by atoms with Crippen LogP contribution in [0.2, 0.25) is 0 Å².